The number of piperidine rings is 2. The minimum atomic E-state index is -0.278. The largest absolute Gasteiger partial charge is 0.341 e. The molecule has 0 unspecified atom stereocenters. The average molecular weight is 381 g/mol. The van der Waals surface area contributed by atoms with Gasteiger partial charge in [0.25, 0.3) is 0 Å². The lowest BCUT2D eigenvalue weighted by Crippen LogP contribution is -2.52. The second kappa shape index (κ2) is 7.73. The number of amides is 2. The molecule has 0 bridgehead atoms. The van der Waals surface area contributed by atoms with Crippen LogP contribution in [0.1, 0.15) is 44.2 Å². The van der Waals surface area contributed by atoms with E-state index < -0.39 is 0 Å². The van der Waals surface area contributed by atoms with Crippen LogP contribution in [0.2, 0.25) is 0 Å². The monoisotopic (exact) mass is 381 g/mol. The Morgan fingerprint density at radius 3 is 2.61 bits per heavy atom. The van der Waals surface area contributed by atoms with Gasteiger partial charge in [-0.25, -0.2) is 0 Å². The molecule has 28 heavy (non-hydrogen) atoms. The van der Waals surface area contributed by atoms with Crippen molar-refractivity contribution in [1.82, 2.24) is 24.6 Å². The van der Waals surface area contributed by atoms with Gasteiger partial charge in [0.05, 0.1) is 0 Å². The Kier molecular flexibility index (Phi) is 5.15. The van der Waals surface area contributed by atoms with Crippen LogP contribution >= 0.6 is 0 Å². The number of nitrogens with zero attached hydrogens (tertiary/aromatic N) is 5. The van der Waals surface area contributed by atoms with Gasteiger partial charge >= 0.3 is 0 Å². The maximum absolute atomic E-state index is 12.8. The van der Waals surface area contributed by atoms with Crippen molar-refractivity contribution in [3.63, 3.8) is 0 Å². The van der Waals surface area contributed by atoms with E-state index in [4.69, 9.17) is 0 Å². The zero-order chi connectivity index (χ0) is 19.6. The molecular formula is C21H27N5O2. The van der Waals surface area contributed by atoms with Crippen LogP contribution in [0.3, 0.4) is 0 Å². The Hall–Kier alpha value is -2.70. The highest BCUT2D eigenvalue weighted by Gasteiger charge is 2.42. The smallest absolute Gasteiger partial charge is 0.247 e. The van der Waals surface area contributed by atoms with E-state index >= 15 is 0 Å². The Balaban J connectivity index is 1.37. The lowest BCUT2D eigenvalue weighted by molar-refractivity contribution is -0.144. The molecule has 0 radical (unpaired) electrons. The first kappa shape index (κ1) is 18.7. The number of pyridine rings is 1. The van der Waals surface area contributed by atoms with Gasteiger partial charge in [-0.05, 0) is 55.4 Å². The van der Waals surface area contributed by atoms with Crippen LogP contribution in [-0.4, -0.2) is 56.0 Å². The molecule has 0 saturated carbocycles. The standard InChI is InChI=1S/C21H27N5O2/c1-17(26-12-2-9-23-26)20(28)24-13-7-21(8-14-24)6-3-19(27)25(16-21)15-18-4-10-22-11-5-18/h2,4-5,9-12,17H,3,6-8,13-16H2,1H3/t17-/m1/s1. The number of likely N-dealkylation sites (tertiary alicyclic amines) is 2. The van der Waals surface area contributed by atoms with Crippen molar-refractivity contribution in [3.05, 3.63) is 48.5 Å². The summed E-state index contributed by atoms with van der Waals surface area (Å²) in [5.41, 5.74) is 1.24. The SMILES string of the molecule is C[C@H](C(=O)N1CCC2(CCC(=O)N(Cc3ccncc3)C2)CC1)n1cccn1. The fourth-order valence-electron chi connectivity index (χ4n) is 4.45. The predicted molar refractivity (Wildman–Crippen MR) is 104 cm³/mol. The van der Waals surface area contributed by atoms with Crippen molar-refractivity contribution >= 4 is 11.8 Å². The summed E-state index contributed by atoms with van der Waals surface area (Å²) in [6.07, 6.45) is 10.5. The van der Waals surface area contributed by atoms with Gasteiger partial charge in [0.2, 0.25) is 11.8 Å². The zero-order valence-corrected chi connectivity index (χ0v) is 16.3. The molecule has 2 aliphatic heterocycles. The fraction of sp³-hybridized carbons (Fsp3) is 0.524. The van der Waals surface area contributed by atoms with Crippen molar-refractivity contribution < 1.29 is 9.59 Å². The topological polar surface area (TPSA) is 71.3 Å². The number of carbonyl (C=O) groups is 2. The van der Waals surface area contributed by atoms with E-state index in [-0.39, 0.29) is 23.3 Å². The highest BCUT2D eigenvalue weighted by atomic mass is 16.2. The maximum atomic E-state index is 12.8. The van der Waals surface area contributed by atoms with Crippen LogP contribution in [0.5, 0.6) is 0 Å². The molecule has 0 aromatic carbocycles. The Bertz CT molecular complexity index is 813. The van der Waals surface area contributed by atoms with Crippen molar-refractivity contribution in [2.24, 2.45) is 5.41 Å². The van der Waals surface area contributed by atoms with E-state index in [9.17, 15) is 9.59 Å². The molecule has 2 aliphatic rings. The normalized spacial score (nSPS) is 20.4. The van der Waals surface area contributed by atoms with E-state index in [1.165, 1.54) is 0 Å². The quantitative estimate of drug-likeness (QED) is 0.815. The summed E-state index contributed by atoms with van der Waals surface area (Å²) in [5, 5.41) is 4.19. The second-order valence-electron chi connectivity index (χ2n) is 8.09. The van der Waals surface area contributed by atoms with Crippen molar-refractivity contribution in [1.29, 1.82) is 0 Å². The summed E-state index contributed by atoms with van der Waals surface area (Å²) in [4.78, 5) is 33.3. The average Bonchev–Trinajstić information content (AvgIpc) is 3.26. The summed E-state index contributed by atoms with van der Waals surface area (Å²) >= 11 is 0. The van der Waals surface area contributed by atoms with Crippen LogP contribution in [0, 0.1) is 5.41 Å². The van der Waals surface area contributed by atoms with Gasteiger partial charge in [-0.1, -0.05) is 0 Å². The van der Waals surface area contributed by atoms with Gasteiger partial charge in [0.1, 0.15) is 6.04 Å². The first-order valence-electron chi connectivity index (χ1n) is 10.0. The molecule has 4 rings (SSSR count). The molecule has 7 heteroatoms. The minimum absolute atomic E-state index is 0.124. The van der Waals surface area contributed by atoms with Gasteiger partial charge in [-0.3, -0.25) is 19.3 Å². The van der Waals surface area contributed by atoms with E-state index in [1.54, 1.807) is 23.3 Å². The van der Waals surface area contributed by atoms with E-state index in [0.717, 1.165) is 44.5 Å². The number of hydrogen-bond acceptors (Lipinski definition) is 4. The number of carbonyl (C=O) groups excluding carboxylic acids is 2. The Morgan fingerprint density at radius 2 is 1.93 bits per heavy atom. The first-order chi connectivity index (χ1) is 13.6. The van der Waals surface area contributed by atoms with E-state index in [1.807, 2.05) is 41.1 Å². The van der Waals surface area contributed by atoms with Crippen LogP contribution < -0.4 is 0 Å². The summed E-state index contributed by atoms with van der Waals surface area (Å²) in [5.74, 6) is 0.354. The maximum Gasteiger partial charge on any atom is 0.247 e. The van der Waals surface area contributed by atoms with Crippen LogP contribution in [0.25, 0.3) is 0 Å². The molecule has 0 N–H and O–H groups in total. The molecule has 2 aromatic heterocycles. The van der Waals surface area contributed by atoms with Gasteiger partial charge in [-0.15, -0.1) is 0 Å². The van der Waals surface area contributed by atoms with E-state index in [0.29, 0.717) is 13.0 Å². The third kappa shape index (κ3) is 3.79. The molecule has 2 aromatic rings. The predicted octanol–water partition coefficient (Wildman–Crippen LogP) is 2.27. The summed E-state index contributed by atoms with van der Waals surface area (Å²) in [6.45, 7) is 4.83. The molecule has 4 heterocycles. The van der Waals surface area contributed by atoms with Crippen molar-refractivity contribution in [2.75, 3.05) is 19.6 Å². The van der Waals surface area contributed by atoms with Gasteiger partial charge in [0, 0.05) is 57.4 Å². The van der Waals surface area contributed by atoms with Gasteiger partial charge in [-0.2, -0.15) is 5.10 Å². The molecule has 2 saturated heterocycles. The van der Waals surface area contributed by atoms with Gasteiger partial charge < -0.3 is 9.80 Å². The van der Waals surface area contributed by atoms with Crippen molar-refractivity contribution in [3.8, 4) is 0 Å². The Morgan fingerprint density at radius 1 is 1.18 bits per heavy atom. The second-order valence-corrected chi connectivity index (χ2v) is 8.09. The van der Waals surface area contributed by atoms with Crippen LogP contribution in [-0.2, 0) is 16.1 Å². The molecular weight excluding hydrogens is 354 g/mol. The minimum Gasteiger partial charge on any atom is -0.341 e. The molecule has 2 amide bonds. The Labute approximate surface area is 165 Å². The van der Waals surface area contributed by atoms with Crippen LogP contribution in [0.15, 0.2) is 43.0 Å². The highest BCUT2D eigenvalue weighted by molar-refractivity contribution is 5.80. The number of hydrogen-bond donors (Lipinski definition) is 0. The highest BCUT2D eigenvalue weighted by Crippen LogP contribution is 2.41. The zero-order valence-electron chi connectivity index (χ0n) is 16.3. The number of aromatic nitrogens is 3. The summed E-state index contributed by atoms with van der Waals surface area (Å²) in [6, 6.07) is 5.49. The van der Waals surface area contributed by atoms with Crippen molar-refractivity contribution in [2.45, 2.75) is 45.2 Å². The number of rotatable bonds is 4. The third-order valence-corrected chi connectivity index (χ3v) is 6.29. The molecule has 7 nitrogen and oxygen atoms in total. The molecule has 148 valence electrons. The summed E-state index contributed by atoms with van der Waals surface area (Å²) < 4.78 is 1.71. The molecule has 2 fully saturated rings. The summed E-state index contributed by atoms with van der Waals surface area (Å²) in [7, 11) is 0. The lowest BCUT2D eigenvalue weighted by Gasteiger charge is -2.47. The fourth-order valence-corrected chi connectivity index (χ4v) is 4.45. The molecule has 0 aliphatic carbocycles. The third-order valence-electron chi connectivity index (χ3n) is 6.29. The van der Waals surface area contributed by atoms with Gasteiger partial charge in [0.15, 0.2) is 0 Å². The van der Waals surface area contributed by atoms with E-state index in [2.05, 4.69) is 10.1 Å². The lowest BCUT2D eigenvalue weighted by atomic mass is 9.72. The first-order valence-corrected chi connectivity index (χ1v) is 10.0. The molecule has 1 atom stereocenters. The van der Waals surface area contributed by atoms with Crippen LogP contribution in [0.4, 0.5) is 0 Å². The molecule has 1 spiro atoms.